The highest BCUT2D eigenvalue weighted by atomic mass is 16.2. The average Bonchev–Trinajstić information content (AvgIpc) is 3.14. The van der Waals surface area contributed by atoms with Crippen molar-refractivity contribution >= 4 is 17.5 Å². The van der Waals surface area contributed by atoms with Gasteiger partial charge in [0.2, 0.25) is 5.95 Å². The van der Waals surface area contributed by atoms with Crippen LogP contribution < -0.4 is 9.80 Å². The number of hydrogen-bond acceptors (Lipinski definition) is 4. The predicted molar refractivity (Wildman–Crippen MR) is 89.9 cm³/mol. The molecule has 1 amide bonds. The molecule has 4 rings (SSSR count). The number of aryl methyl sites for hydroxylation is 2. The maximum atomic E-state index is 12.7. The Balaban J connectivity index is 1.67. The number of benzene rings is 1. The second kappa shape index (κ2) is 5.33. The first-order valence-corrected chi connectivity index (χ1v) is 8.13. The zero-order valence-electron chi connectivity index (χ0n) is 13.5. The van der Waals surface area contributed by atoms with Gasteiger partial charge in [-0.1, -0.05) is 6.07 Å². The van der Waals surface area contributed by atoms with E-state index in [9.17, 15) is 4.79 Å². The molecule has 23 heavy (non-hydrogen) atoms. The lowest BCUT2D eigenvalue weighted by Gasteiger charge is -2.17. The predicted octanol–water partition coefficient (Wildman–Crippen LogP) is 2.85. The van der Waals surface area contributed by atoms with Crippen molar-refractivity contribution < 1.29 is 4.79 Å². The van der Waals surface area contributed by atoms with Gasteiger partial charge in [0.05, 0.1) is 17.8 Å². The van der Waals surface area contributed by atoms with Crippen molar-refractivity contribution in [3.8, 4) is 0 Å². The van der Waals surface area contributed by atoms with Crippen LogP contribution in [0.1, 0.15) is 40.0 Å². The number of hydrogen-bond donors (Lipinski definition) is 0. The SMILES string of the molecule is Cc1cc(C)cc(N2Cc3nc(N4CCCC4)ncc3C2=O)c1. The minimum absolute atomic E-state index is 0.00188. The molecule has 1 saturated heterocycles. The first-order chi connectivity index (χ1) is 11.1. The Hall–Kier alpha value is -2.43. The van der Waals surface area contributed by atoms with Crippen molar-refractivity contribution in [2.24, 2.45) is 0 Å². The number of fused-ring (bicyclic) bond motifs is 1. The molecule has 1 aromatic heterocycles. The molecule has 2 aromatic rings. The Morgan fingerprint density at radius 3 is 2.43 bits per heavy atom. The van der Waals surface area contributed by atoms with E-state index < -0.39 is 0 Å². The number of carbonyl (C=O) groups is 1. The number of aromatic nitrogens is 2. The van der Waals surface area contributed by atoms with Crippen LogP contribution in [0.2, 0.25) is 0 Å². The highest BCUT2D eigenvalue weighted by Gasteiger charge is 2.31. The summed E-state index contributed by atoms with van der Waals surface area (Å²) >= 11 is 0. The third-order valence-corrected chi connectivity index (χ3v) is 4.55. The van der Waals surface area contributed by atoms with E-state index in [0.717, 1.165) is 41.5 Å². The monoisotopic (exact) mass is 308 g/mol. The van der Waals surface area contributed by atoms with Gasteiger partial charge in [0.1, 0.15) is 0 Å². The molecule has 0 spiro atoms. The minimum atomic E-state index is -0.00188. The van der Waals surface area contributed by atoms with Crippen molar-refractivity contribution in [2.45, 2.75) is 33.2 Å². The van der Waals surface area contributed by atoms with Gasteiger partial charge in [0.15, 0.2) is 0 Å². The first kappa shape index (κ1) is 14.2. The molecule has 0 saturated carbocycles. The third-order valence-electron chi connectivity index (χ3n) is 4.55. The standard InChI is InChI=1S/C18H20N4O/c1-12-7-13(2)9-14(8-12)22-11-16-15(17(22)23)10-19-18(20-16)21-5-3-4-6-21/h7-10H,3-6,11H2,1-2H3. The Morgan fingerprint density at radius 2 is 1.74 bits per heavy atom. The normalized spacial score (nSPS) is 17.0. The van der Waals surface area contributed by atoms with Crippen LogP contribution in [0.3, 0.4) is 0 Å². The number of amides is 1. The topological polar surface area (TPSA) is 49.3 Å². The largest absolute Gasteiger partial charge is 0.341 e. The summed E-state index contributed by atoms with van der Waals surface area (Å²) in [5.74, 6) is 0.759. The molecule has 0 unspecified atom stereocenters. The Labute approximate surface area is 136 Å². The van der Waals surface area contributed by atoms with Gasteiger partial charge in [-0.05, 0) is 49.9 Å². The average molecular weight is 308 g/mol. The van der Waals surface area contributed by atoms with Crippen LogP contribution >= 0.6 is 0 Å². The van der Waals surface area contributed by atoms with E-state index in [-0.39, 0.29) is 5.91 Å². The van der Waals surface area contributed by atoms with Crippen LogP contribution in [-0.2, 0) is 6.54 Å². The first-order valence-electron chi connectivity index (χ1n) is 8.13. The number of carbonyl (C=O) groups excluding carboxylic acids is 1. The maximum absolute atomic E-state index is 12.7. The second-order valence-corrected chi connectivity index (χ2v) is 6.46. The molecule has 2 aliphatic heterocycles. The fourth-order valence-electron chi connectivity index (χ4n) is 3.46. The molecule has 0 radical (unpaired) electrons. The summed E-state index contributed by atoms with van der Waals surface area (Å²) in [6, 6.07) is 6.21. The number of rotatable bonds is 2. The lowest BCUT2D eigenvalue weighted by atomic mass is 10.1. The fraction of sp³-hybridized carbons (Fsp3) is 0.389. The van der Waals surface area contributed by atoms with Gasteiger partial charge in [0.25, 0.3) is 5.91 Å². The molecule has 1 fully saturated rings. The molecule has 2 aliphatic rings. The van der Waals surface area contributed by atoms with Crippen LogP contribution in [0.25, 0.3) is 0 Å². The smallest absolute Gasteiger partial charge is 0.262 e. The van der Waals surface area contributed by atoms with E-state index >= 15 is 0 Å². The lowest BCUT2D eigenvalue weighted by molar-refractivity contribution is 0.0996. The van der Waals surface area contributed by atoms with Gasteiger partial charge in [-0.3, -0.25) is 4.79 Å². The van der Waals surface area contributed by atoms with Crippen molar-refractivity contribution in [2.75, 3.05) is 22.9 Å². The van der Waals surface area contributed by atoms with Gasteiger partial charge in [-0.25, -0.2) is 9.97 Å². The molecule has 0 aliphatic carbocycles. The van der Waals surface area contributed by atoms with Gasteiger partial charge in [-0.2, -0.15) is 0 Å². The molecule has 0 atom stereocenters. The van der Waals surface area contributed by atoms with Gasteiger partial charge < -0.3 is 9.80 Å². The van der Waals surface area contributed by atoms with E-state index in [0.29, 0.717) is 12.1 Å². The van der Waals surface area contributed by atoms with Crippen LogP contribution in [0.4, 0.5) is 11.6 Å². The van der Waals surface area contributed by atoms with E-state index in [1.165, 1.54) is 12.8 Å². The molecular weight excluding hydrogens is 288 g/mol. The second-order valence-electron chi connectivity index (χ2n) is 6.46. The van der Waals surface area contributed by atoms with Crippen LogP contribution in [0.15, 0.2) is 24.4 Å². The third kappa shape index (κ3) is 2.46. The summed E-state index contributed by atoms with van der Waals surface area (Å²) in [7, 11) is 0. The fourth-order valence-corrected chi connectivity index (χ4v) is 3.46. The van der Waals surface area contributed by atoms with E-state index in [2.05, 4.69) is 34.8 Å². The molecular formula is C18H20N4O. The van der Waals surface area contributed by atoms with Crippen molar-refractivity contribution in [3.63, 3.8) is 0 Å². The summed E-state index contributed by atoms with van der Waals surface area (Å²) in [5.41, 5.74) is 4.73. The number of nitrogens with zero attached hydrogens (tertiary/aromatic N) is 4. The van der Waals surface area contributed by atoms with Crippen molar-refractivity contribution in [1.82, 2.24) is 9.97 Å². The summed E-state index contributed by atoms with van der Waals surface area (Å²) in [5, 5.41) is 0. The van der Waals surface area contributed by atoms with E-state index in [4.69, 9.17) is 0 Å². The Morgan fingerprint density at radius 1 is 1.04 bits per heavy atom. The summed E-state index contributed by atoms with van der Waals surface area (Å²) in [6.07, 6.45) is 4.07. The van der Waals surface area contributed by atoms with Gasteiger partial charge >= 0.3 is 0 Å². The zero-order valence-corrected chi connectivity index (χ0v) is 13.5. The molecule has 118 valence electrons. The Kier molecular flexibility index (Phi) is 3.29. The molecule has 0 bridgehead atoms. The van der Waals surface area contributed by atoms with Gasteiger partial charge in [-0.15, -0.1) is 0 Å². The maximum Gasteiger partial charge on any atom is 0.262 e. The zero-order chi connectivity index (χ0) is 16.0. The highest BCUT2D eigenvalue weighted by Crippen LogP contribution is 2.29. The Bertz CT molecular complexity index is 760. The summed E-state index contributed by atoms with van der Waals surface area (Å²) in [6.45, 7) is 6.65. The molecule has 5 nitrogen and oxygen atoms in total. The lowest BCUT2D eigenvalue weighted by Crippen LogP contribution is -2.23. The molecule has 1 aromatic carbocycles. The van der Waals surface area contributed by atoms with E-state index in [1.807, 2.05) is 12.1 Å². The molecule has 0 N–H and O–H groups in total. The minimum Gasteiger partial charge on any atom is -0.341 e. The molecule has 5 heteroatoms. The van der Waals surface area contributed by atoms with E-state index in [1.54, 1.807) is 11.1 Å². The quantitative estimate of drug-likeness (QED) is 0.856. The van der Waals surface area contributed by atoms with Crippen LogP contribution in [-0.4, -0.2) is 29.0 Å². The molecule has 3 heterocycles. The van der Waals surface area contributed by atoms with Crippen molar-refractivity contribution in [1.29, 1.82) is 0 Å². The summed E-state index contributed by atoms with van der Waals surface area (Å²) in [4.78, 5) is 25.8. The summed E-state index contributed by atoms with van der Waals surface area (Å²) < 4.78 is 0. The van der Waals surface area contributed by atoms with Crippen LogP contribution in [0.5, 0.6) is 0 Å². The van der Waals surface area contributed by atoms with Crippen LogP contribution in [0, 0.1) is 13.8 Å². The van der Waals surface area contributed by atoms with Crippen molar-refractivity contribution in [3.05, 3.63) is 46.8 Å². The highest BCUT2D eigenvalue weighted by molar-refractivity contribution is 6.09. The number of anilines is 2. The van der Waals surface area contributed by atoms with Gasteiger partial charge in [0, 0.05) is 25.0 Å².